The van der Waals surface area contributed by atoms with E-state index in [9.17, 15) is 13.2 Å². The second-order valence-corrected chi connectivity index (χ2v) is 4.51. The largest absolute Gasteiger partial charge is 0.381 e. The van der Waals surface area contributed by atoms with Gasteiger partial charge >= 0.3 is 0 Å². The molecule has 0 radical (unpaired) electrons. The molecule has 4 heteroatoms. The average molecular weight is 244 g/mol. The van der Waals surface area contributed by atoms with Crippen LogP contribution in [0.4, 0.5) is 13.2 Å². The molecule has 2 rings (SSSR count). The van der Waals surface area contributed by atoms with Gasteiger partial charge < -0.3 is 4.74 Å². The van der Waals surface area contributed by atoms with Gasteiger partial charge in [-0.25, -0.2) is 13.2 Å². The summed E-state index contributed by atoms with van der Waals surface area (Å²) in [4.78, 5) is 0. The first-order valence-electron chi connectivity index (χ1n) is 5.79. The zero-order valence-corrected chi connectivity index (χ0v) is 9.68. The van der Waals surface area contributed by atoms with Crippen LogP contribution in [0.5, 0.6) is 0 Å². The third-order valence-electron chi connectivity index (χ3n) is 3.49. The van der Waals surface area contributed by atoms with Gasteiger partial charge in [0.05, 0.1) is 6.10 Å². The van der Waals surface area contributed by atoms with E-state index < -0.39 is 17.5 Å². The smallest absolute Gasteiger partial charge is 0.194 e. The van der Waals surface area contributed by atoms with Crippen molar-refractivity contribution in [3.8, 4) is 0 Å². The molecule has 0 saturated heterocycles. The van der Waals surface area contributed by atoms with E-state index >= 15 is 0 Å². The maximum atomic E-state index is 13.1. The Labute approximate surface area is 98.6 Å². The molecule has 94 valence electrons. The van der Waals surface area contributed by atoms with Gasteiger partial charge in [0.2, 0.25) is 0 Å². The molecule has 1 saturated carbocycles. The lowest BCUT2D eigenvalue weighted by molar-refractivity contribution is 0.0658. The molecule has 1 aliphatic rings. The predicted octanol–water partition coefficient (Wildman–Crippen LogP) is 3.78. The summed E-state index contributed by atoms with van der Waals surface area (Å²) in [6.07, 6.45) is 3.64. The van der Waals surface area contributed by atoms with Crippen molar-refractivity contribution in [3.05, 3.63) is 35.1 Å². The first-order chi connectivity index (χ1) is 8.11. The number of methoxy groups -OCH3 is 1. The average Bonchev–Trinajstić information content (AvgIpc) is 2.35. The molecule has 1 nitrogen and oxygen atoms in total. The van der Waals surface area contributed by atoms with Gasteiger partial charge in [-0.2, -0.15) is 0 Å². The zero-order chi connectivity index (χ0) is 12.4. The van der Waals surface area contributed by atoms with E-state index in [0.29, 0.717) is 5.56 Å². The fourth-order valence-electron chi connectivity index (χ4n) is 2.44. The Kier molecular flexibility index (Phi) is 3.72. The highest BCUT2D eigenvalue weighted by molar-refractivity contribution is 5.23. The van der Waals surface area contributed by atoms with Gasteiger partial charge in [-0.15, -0.1) is 0 Å². The minimum Gasteiger partial charge on any atom is -0.381 e. The van der Waals surface area contributed by atoms with Gasteiger partial charge in [-0.1, -0.05) is 0 Å². The minimum absolute atomic E-state index is 0.103. The summed E-state index contributed by atoms with van der Waals surface area (Å²) in [5.41, 5.74) is 0.552. The summed E-state index contributed by atoms with van der Waals surface area (Å²) >= 11 is 0. The summed E-state index contributed by atoms with van der Waals surface area (Å²) < 4.78 is 44.3. The molecule has 0 amide bonds. The number of hydrogen-bond acceptors (Lipinski definition) is 1. The highest BCUT2D eigenvalue weighted by Gasteiger charge is 2.24. The molecule has 0 aromatic heterocycles. The summed E-state index contributed by atoms with van der Waals surface area (Å²) in [5, 5.41) is 0. The molecule has 1 fully saturated rings. The Bertz CT molecular complexity index is 375. The number of rotatable bonds is 2. The van der Waals surface area contributed by atoms with Gasteiger partial charge in [0.1, 0.15) is 0 Å². The Hall–Kier alpha value is -1.03. The highest BCUT2D eigenvalue weighted by atomic mass is 19.2. The molecule has 0 atom stereocenters. The van der Waals surface area contributed by atoms with Crippen LogP contribution < -0.4 is 0 Å². The molecule has 1 aromatic rings. The van der Waals surface area contributed by atoms with Crippen LogP contribution in [0.15, 0.2) is 12.1 Å². The summed E-state index contributed by atoms with van der Waals surface area (Å²) in [5.74, 6) is -3.49. The number of halogens is 3. The van der Waals surface area contributed by atoms with Crippen molar-refractivity contribution in [2.24, 2.45) is 0 Å². The Morgan fingerprint density at radius 2 is 1.53 bits per heavy atom. The maximum Gasteiger partial charge on any atom is 0.194 e. The van der Waals surface area contributed by atoms with Crippen LogP contribution in [0, 0.1) is 17.5 Å². The third kappa shape index (κ3) is 2.63. The Morgan fingerprint density at radius 3 is 2.00 bits per heavy atom. The topological polar surface area (TPSA) is 9.23 Å². The van der Waals surface area contributed by atoms with Crippen LogP contribution in [-0.4, -0.2) is 13.2 Å². The van der Waals surface area contributed by atoms with Gasteiger partial charge in [0.25, 0.3) is 0 Å². The monoisotopic (exact) mass is 244 g/mol. The standard InChI is InChI=1S/C13H15F3O/c1-17-10-4-2-8(3-5-10)9-6-11(14)13(16)12(15)7-9/h6-8,10H,2-5H2,1H3. The molecule has 0 N–H and O–H groups in total. The van der Waals surface area contributed by atoms with Gasteiger partial charge in [-0.05, 0) is 49.3 Å². The van der Waals surface area contributed by atoms with Crippen molar-refractivity contribution in [2.75, 3.05) is 7.11 Å². The molecule has 0 aliphatic heterocycles. The van der Waals surface area contributed by atoms with Gasteiger partial charge in [0, 0.05) is 7.11 Å². The van der Waals surface area contributed by atoms with Crippen LogP contribution >= 0.6 is 0 Å². The molecule has 0 spiro atoms. The van der Waals surface area contributed by atoms with Crippen LogP contribution in [0.3, 0.4) is 0 Å². The zero-order valence-electron chi connectivity index (χ0n) is 9.68. The van der Waals surface area contributed by atoms with E-state index in [1.807, 2.05) is 0 Å². The SMILES string of the molecule is COC1CCC(c2cc(F)c(F)c(F)c2)CC1. The lowest BCUT2D eigenvalue weighted by atomic mass is 9.82. The van der Waals surface area contributed by atoms with E-state index in [2.05, 4.69) is 0 Å². The fourth-order valence-corrected chi connectivity index (χ4v) is 2.44. The molecule has 17 heavy (non-hydrogen) atoms. The number of hydrogen-bond donors (Lipinski definition) is 0. The number of ether oxygens (including phenoxy) is 1. The van der Waals surface area contributed by atoms with E-state index in [4.69, 9.17) is 4.74 Å². The maximum absolute atomic E-state index is 13.1. The van der Waals surface area contributed by atoms with Crippen molar-refractivity contribution in [1.82, 2.24) is 0 Å². The fraction of sp³-hybridized carbons (Fsp3) is 0.538. The second kappa shape index (κ2) is 5.08. The van der Waals surface area contributed by atoms with E-state index in [1.54, 1.807) is 7.11 Å². The normalized spacial score (nSPS) is 24.9. The summed E-state index contributed by atoms with van der Waals surface area (Å²) in [6, 6.07) is 2.21. The lowest BCUT2D eigenvalue weighted by Crippen LogP contribution is -2.19. The molecule has 1 aromatic carbocycles. The quantitative estimate of drug-likeness (QED) is 0.719. The molecule has 0 unspecified atom stereocenters. The summed E-state index contributed by atoms with van der Waals surface area (Å²) in [6.45, 7) is 0. The number of benzene rings is 1. The van der Waals surface area contributed by atoms with E-state index in [1.165, 1.54) is 0 Å². The molecule has 1 aliphatic carbocycles. The van der Waals surface area contributed by atoms with Crippen LogP contribution in [0.1, 0.15) is 37.2 Å². The van der Waals surface area contributed by atoms with Crippen molar-refractivity contribution in [3.63, 3.8) is 0 Å². The Balaban J connectivity index is 2.13. The van der Waals surface area contributed by atoms with Crippen LogP contribution in [0.2, 0.25) is 0 Å². The lowest BCUT2D eigenvalue weighted by Gasteiger charge is -2.27. The Morgan fingerprint density at radius 1 is 1.00 bits per heavy atom. The van der Waals surface area contributed by atoms with E-state index in [-0.39, 0.29) is 12.0 Å². The third-order valence-corrected chi connectivity index (χ3v) is 3.49. The molecule has 0 bridgehead atoms. The predicted molar refractivity (Wildman–Crippen MR) is 58.3 cm³/mol. The second-order valence-electron chi connectivity index (χ2n) is 4.51. The van der Waals surface area contributed by atoms with Crippen LogP contribution in [0.25, 0.3) is 0 Å². The molecule has 0 heterocycles. The first-order valence-corrected chi connectivity index (χ1v) is 5.79. The highest BCUT2D eigenvalue weighted by Crippen LogP contribution is 2.34. The van der Waals surface area contributed by atoms with Crippen molar-refractivity contribution in [1.29, 1.82) is 0 Å². The van der Waals surface area contributed by atoms with Gasteiger partial charge in [0.15, 0.2) is 17.5 Å². The van der Waals surface area contributed by atoms with Gasteiger partial charge in [-0.3, -0.25) is 0 Å². The van der Waals surface area contributed by atoms with Crippen molar-refractivity contribution in [2.45, 2.75) is 37.7 Å². The van der Waals surface area contributed by atoms with E-state index in [0.717, 1.165) is 37.8 Å². The molecular weight excluding hydrogens is 229 g/mol. The van der Waals surface area contributed by atoms with Crippen molar-refractivity contribution < 1.29 is 17.9 Å². The molecular formula is C13H15F3O. The first kappa shape index (κ1) is 12.4. The minimum atomic E-state index is -1.39. The summed E-state index contributed by atoms with van der Waals surface area (Å²) in [7, 11) is 1.67. The van der Waals surface area contributed by atoms with Crippen LogP contribution in [-0.2, 0) is 4.74 Å². The van der Waals surface area contributed by atoms with Crippen molar-refractivity contribution >= 4 is 0 Å².